The van der Waals surface area contributed by atoms with E-state index in [1.165, 1.54) is 17.2 Å². The number of amides is 1. The summed E-state index contributed by atoms with van der Waals surface area (Å²) >= 11 is 0. The molecule has 1 aromatic carbocycles. The molecule has 0 fully saturated rings. The summed E-state index contributed by atoms with van der Waals surface area (Å²) in [6.45, 7) is 1.27. The van der Waals surface area contributed by atoms with Gasteiger partial charge < -0.3 is 20.0 Å². The molecule has 23 heavy (non-hydrogen) atoms. The molecular weight excluding hydrogens is 292 g/mol. The maximum atomic E-state index is 11.0. The van der Waals surface area contributed by atoms with Gasteiger partial charge in [-0.15, -0.1) is 0 Å². The zero-order valence-electron chi connectivity index (χ0n) is 12.8. The van der Waals surface area contributed by atoms with Gasteiger partial charge in [-0.25, -0.2) is 4.98 Å². The van der Waals surface area contributed by atoms with Crippen molar-refractivity contribution in [3.8, 4) is 0 Å². The number of imidazole rings is 1. The first-order chi connectivity index (χ1) is 11.1. The van der Waals surface area contributed by atoms with Gasteiger partial charge in [0.1, 0.15) is 5.69 Å². The van der Waals surface area contributed by atoms with Gasteiger partial charge >= 0.3 is 0 Å². The molecule has 0 aliphatic rings. The Hall–Kier alpha value is -2.60. The number of aliphatic hydroxyl groups excluding tert-OH is 1. The number of fused-ring (bicyclic) bond motifs is 1. The largest absolute Gasteiger partial charge is 0.391 e. The maximum absolute atomic E-state index is 11.0. The standard InChI is InChI=1S/C17H20N4O2/c18-17(23)15-11-20(12-19-15)10-14(22)5-3-8-21-9-7-13-4-1-2-6-16(13)21/h1-2,4,6-7,9,11-12,14,22H,3,5,8,10H2,(H2,18,23)/t14-/m0/s1. The highest BCUT2D eigenvalue weighted by Gasteiger charge is 2.09. The summed E-state index contributed by atoms with van der Waals surface area (Å²) < 4.78 is 3.89. The summed E-state index contributed by atoms with van der Waals surface area (Å²) in [6, 6.07) is 10.4. The van der Waals surface area contributed by atoms with E-state index < -0.39 is 12.0 Å². The molecule has 2 heterocycles. The fraction of sp³-hybridized carbons (Fsp3) is 0.294. The number of nitrogens with zero attached hydrogens (tertiary/aromatic N) is 3. The maximum Gasteiger partial charge on any atom is 0.268 e. The minimum absolute atomic E-state index is 0.219. The Labute approximate surface area is 134 Å². The van der Waals surface area contributed by atoms with Crippen LogP contribution in [0.1, 0.15) is 23.3 Å². The van der Waals surface area contributed by atoms with Gasteiger partial charge in [-0.05, 0) is 30.4 Å². The third-order valence-electron chi connectivity index (χ3n) is 3.92. The van der Waals surface area contributed by atoms with E-state index in [1.54, 1.807) is 10.8 Å². The highest BCUT2D eigenvalue weighted by Crippen LogP contribution is 2.16. The van der Waals surface area contributed by atoms with Crippen LogP contribution in [-0.4, -0.2) is 31.2 Å². The number of carbonyl (C=O) groups excluding carboxylic acids is 1. The number of carbonyl (C=O) groups is 1. The number of nitrogens with two attached hydrogens (primary N) is 1. The van der Waals surface area contributed by atoms with Gasteiger partial charge in [0.15, 0.2) is 0 Å². The average Bonchev–Trinajstić information content (AvgIpc) is 3.15. The lowest BCUT2D eigenvalue weighted by molar-refractivity contribution is 0.0995. The lowest BCUT2D eigenvalue weighted by Crippen LogP contribution is -2.16. The van der Waals surface area contributed by atoms with Crippen LogP contribution in [0.5, 0.6) is 0 Å². The molecule has 120 valence electrons. The van der Waals surface area contributed by atoms with Gasteiger partial charge in [-0.1, -0.05) is 18.2 Å². The molecule has 0 aliphatic carbocycles. The molecule has 0 saturated carbocycles. The SMILES string of the molecule is NC(=O)c1cn(C[C@@H](O)CCCn2ccc3ccccc32)cn1. The fourth-order valence-corrected chi connectivity index (χ4v) is 2.75. The van der Waals surface area contributed by atoms with E-state index in [2.05, 4.69) is 33.9 Å². The highest BCUT2D eigenvalue weighted by molar-refractivity contribution is 5.90. The van der Waals surface area contributed by atoms with Crippen LogP contribution in [-0.2, 0) is 13.1 Å². The quantitative estimate of drug-likeness (QED) is 0.697. The van der Waals surface area contributed by atoms with Crippen molar-refractivity contribution in [2.24, 2.45) is 5.73 Å². The van der Waals surface area contributed by atoms with Crippen LogP contribution in [0.25, 0.3) is 10.9 Å². The number of aryl methyl sites for hydroxylation is 1. The summed E-state index contributed by atoms with van der Waals surface area (Å²) in [6.07, 6.45) is 6.22. The first kappa shape index (κ1) is 15.3. The fourth-order valence-electron chi connectivity index (χ4n) is 2.75. The van der Waals surface area contributed by atoms with E-state index in [-0.39, 0.29) is 5.69 Å². The van der Waals surface area contributed by atoms with Crippen LogP contribution in [0.15, 0.2) is 49.1 Å². The van der Waals surface area contributed by atoms with Crippen LogP contribution >= 0.6 is 0 Å². The van der Waals surface area contributed by atoms with Crippen LogP contribution in [0.2, 0.25) is 0 Å². The summed E-state index contributed by atoms with van der Waals surface area (Å²) in [7, 11) is 0. The van der Waals surface area contributed by atoms with Crippen LogP contribution < -0.4 is 5.73 Å². The molecule has 1 atom stereocenters. The number of hydrogen-bond donors (Lipinski definition) is 2. The van der Waals surface area contributed by atoms with E-state index in [0.717, 1.165) is 13.0 Å². The van der Waals surface area contributed by atoms with Crippen molar-refractivity contribution in [3.05, 3.63) is 54.7 Å². The first-order valence-electron chi connectivity index (χ1n) is 7.67. The molecule has 3 rings (SSSR count). The van der Waals surface area contributed by atoms with Crippen molar-refractivity contribution in [3.63, 3.8) is 0 Å². The topological polar surface area (TPSA) is 86.1 Å². The van der Waals surface area contributed by atoms with Gasteiger partial charge in [0.05, 0.1) is 12.4 Å². The number of rotatable bonds is 7. The number of aliphatic hydroxyl groups is 1. The minimum atomic E-state index is -0.558. The van der Waals surface area contributed by atoms with E-state index in [9.17, 15) is 9.90 Å². The zero-order valence-corrected chi connectivity index (χ0v) is 12.8. The second-order valence-electron chi connectivity index (χ2n) is 5.68. The monoisotopic (exact) mass is 312 g/mol. The Morgan fingerprint density at radius 3 is 2.91 bits per heavy atom. The molecule has 0 spiro atoms. The molecule has 0 aliphatic heterocycles. The first-order valence-corrected chi connectivity index (χ1v) is 7.67. The molecule has 3 N–H and O–H groups in total. The number of aromatic nitrogens is 3. The van der Waals surface area contributed by atoms with Gasteiger partial charge in [0.25, 0.3) is 5.91 Å². The van der Waals surface area contributed by atoms with Crippen molar-refractivity contribution >= 4 is 16.8 Å². The predicted octanol–water partition coefficient (Wildman–Crippen LogP) is 1.78. The molecular formula is C17H20N4O2. The number of para-hydroxylation sites is 1. The van der Waals surface area contributed by atoms with Crippen LogP contribution in [0.3, 0.4) is 0 Å². The summed E-state index contributed by atoms with van der Waals surface area (Å²) in [5.41, 5.74) is 6.59. The van der Waals surface area contributed by atoms with Crippen molar-refractivity contribution < 1.29 is 9.90 Å². The zero-order chi connectivity index (χ0) is 16.2. The second kappa shape index (κ2) is 6.66. The number of primary amides is 1. The lowest BCUT2D eigenvalue weighted by Gasteiger charge is -2.12. The van der Waals surface area contributed by atoms with Crippen molar-refractivity contribution in [2.75, 3.05) is 0 Å². The molecule has 0 radical (unpaired) electrons. The van der Waals surface area contributed by atoms with E-state index in [4.69, 9.17) is 5.73 Å². The molecule has 1 amide bonds. The van der Waals surface area contributed by atoms with E-state index >= 15 is 0 Å². The summed E-state index contributed by atoms with van der Waals surface area (Å²) in [4.78, 5) is 14.9. The Bertz CT molecular complexity index is 806. The molecule has 2 aromatic heterocycles. The predicted molar refractivity (Wildman–Crippen MR) is 87.9 cm³/mol. The van der Waals surface area contributed by atoms with E-state index in [0.29, 0.717) is 13.0 Å². The van der Waals surface area contributed by atoms with E-state index in [1.807, 2.05) is 12.1 Å². The summed E-state index contributed by atoms with van der Waals surface area (Å²) in [5, 5.41) is 11.3. The van der Waals surface area contributed by atoms with Crippen molar-refractivity contribution in [1.82, 2.24) is 14.1 Å². The Morgan fingerprint density at radius 2 is 2.13 bits per heavy atom. The third-order valence-corrected chi connectivity index (χ3v) is 3.92. The smallest absolute Gasteiger partial charge is 0.268 e. The number of hydrogen-bond acceptors (Lipinski definition) is 3. The molecule has 6 nitrogen and oxygen atoms in total. The normalized spacial score (nSPS) is 12.6. The second-order valence-corrected chi connectivity index (χ2v) is 5.68. The van der Waals surface area contributed by atoms with Gasteiger partial charge in [-0.2, -0.15) is 0 Å². The minimum Gasteiger partial charge on any atom is -0.391 e. The Kier molecular flexibility index (Phi) is 4.43. The molecule has 0 unspecified atom stereocenters. The van der Waals surface area contributed by atoms with Crippen LogP contribution in [0, 0.1) is 0 Å². The molecule has 6 heteroatoms. The Balaban J connectivity index is 1.50. The van der Waals surface area contributed by atoms with Gasteiger partial charge in [-0.3, -0.25) is 4.79 Å². The average molecular weight is 312 g/mol. The van der Waals surface area contributed by atoms with Crippen molar-refractivity contribution in [1.29, 1.82) is 0 Å². The number of benzene rings is 1. The highest BCUT2D eigenvalue weighted by atomic mass is 16.3. The molecule has 3 aromatic rings. The third kappa shape index (κ3) is 3.60. The molecule has 0 bridgehead atoms. The van der Waals surface area contributed by atoms with Gasteiger partial charge in [0.2, 0.25) is 0 Å². The lowest BCUT2D eigenvalue weighted by atomic mass is 10.2. The van der Waals surface area contributed by atoms with Crippen LogP contribution in [0.4, 0.5) is 0 Å². The Morgan fingerprint density at radius 1 is 1.30 bits per heavy atom. The summed E-state index contributed by atoms with van der Waals surface area (Å²) in [5.74, 6) is -0.558. The molecule has 0 saturated heterocycles. The van der Waals surface area contributed by atoms with Crippen molar-refractivity contribution in [2.45, 2.75) is 32.0 Å². The van der Waals surface area contributed by atoms with Gasteiger partial charge in [0, 0.05) is 31.0 Å².